The Hall–Kier alpha value is -2.69. The summed E-state index contributed by atoms with van der Waals surface area (Å²) in [5.74, 6) is 0.344. The van der Waals surface area contributed by atoms with E-state index in [0.29, 0.717) is 17.3 Å². The van der Waals surface area contributed by atoms with Crippen molar-refractivity contribution in [1.29, 1.82) is 0 Å². The van der Waals surface area contributed by atoms with Gasteiger partial charge in [-0.1, -0.05) is 18.2 Å². The number of nitrogens with zero attached hydrogens (tertiary/aromatic N) is 2. The molecule has 1 aromatic carbocycles. The Balaban J connectivity index is 1.56. The highest BCUT2D eigenvalue weighted by Crippen LogP contribution is 2.39. The second kappa shape index (κ2) is 4.70. The number of fused-ring (bicyclic) bond motifs is 1. The van der Waals surface area contributed by atoms with Crippen LogP contribution in [-0.2, 0) is 0 Å². The van der Waals surface area contributed by atoms with Gasteiger partial charge >= 0.3 is 0 Å². The van der Waals surface area contributed by atoms with Crippen molar-refractivity contribution in [3.05, 3.63) is 54.0 Å². The standard InChI is InChI=1S/C16H14N4O/c21-16(15-8-14(19-20-15)10-5-6-10)18-12-7-11-3-1-2-4-13(11)17-9-12/h1-4,7-10H,5-6H2,(H,18,21)(H,19,20). The number of amides is 1. The van der Waals surface area contributed by atoms with E-state index in [1.165, 1.54) is 12.8 Å². The predicted octanol–water partition coefficient (Wildman–Crippen LogP) is 3.09. The van der Waals surface area contributed by atoms with Gasteiger partial charge < -0.3 is 5.32 Å². The fraction of sp³-hybridized carbons (Fsp3) is 0.188. The zero-order chi connectivity index (χ0) is 14.2. The molecular formula is C16H14N4O. The van der Waals surface area contributed by atoms with Crippen LogP contribution in [0.3, 0.4) is 0 Å². The fourth-order valence-electron chi connectivity index (χ4n) is 2.39. The summed E-state index contributed by atoms with van der Waals surface area (Å²) in [4.78, 5) is 16.5. The number of aromatic amines is 1. The van der Waals surface area contributed by atoms with Gasteiger partial charge in [0.15, 0.2) is 5.69 Å². The van der Waals surface area contributed by atoms with Gasteiger partial charge in [0.25, 0.3) is 5.91 Å². The average Bonchev–Trinajstić information content (AvgIpc) is 3.24. The number of hydrogen-bond donors (Lipinski definition) is 2. The van der Waals surface area contributed by atoms with Crippen LogP contribution in [-0.4, -0.2) is 21.1 Å². The zero-order valence-corrected chi connectivity index (χ0v) is 11.3. The molecule has 4 rings (SSSR count). The number of pyridine rings is 1. The number of anilines is 1. The van der Waals surface area contributed by atoms with E-state index in [0.717, 1.165) is 16.6 Å². The quantitative estimate of drug-likeness (QED) is 0.773. The summed E-state index contributed by atoms with van der Waals surface area (Å²) in [5.41, 5.74) is 3.06. The molecule has 0 unspecified atom stereocenters. The van der Waals surface area contributed by atoms with E-state index in [4.69, 9.17) is 0 Å². The summed E-state index contributed by atoms with van der Waals surface area (Å²) in [6.45, 7) is 0. The zero-order valence-electron chi connectivity index (χ0n) is 11.3. The molecule has 0 spiro atoms. The molecule has 1 aliphatic carbocycles. The topological polar surface area (TPSA) is 70.7 Å². The summed E-state index contributed by atoms with van der Waals surface area (Å²) in [6, 6.07) is 11.5. The van der Waals surface area contributed by atoms with Gasteiger partial charge in [-0.15, -0.1) is 0 Å². The van der Waals surface area contributed by atoms with Crippen molar-refractivity contribution in [1.82, 2.24) is 15.2 Å². The lowest BCUT2D eigenvalue weighted by molar-refractivity contribution is 0.102. The number of hydrogen-bond acceptors (Lipinski definition) is 3. The average molecular weight is 278 g/mol. The first-order chi connectivity index (χ1) is 10.3. The second-order valence-electron chi connectivity index (χ2n) is 5.35. The van der Waals surface area contributed by atoms with Gasteiger partial charge in [0.05, 0.1) is 17.4 Å². The SMILES string of the molecule is O=C(Nc1cnc2ccccc2c1)c1cc(C2CC2)[nH]n1. The van der Waals surface area contributed by atoms with Crippen LogP contribution in [0.25, 0.3) is 10.9 Å². The molecule has 3 aromatic rings. The molecule has 2 N–H and O–H groups in total. The molecule has 0 atom stereocenters. The smallest absolute Gasteiger partial charge is 0.276 e. The van der Waals surface area contributed by atoms with Crippen LogP contribution in [0.5, 0.6) is 0 Å². The van der Waals surface area contributed by atoms with Crippen molar-refractivity contribution < 1.29 is 4.79 Å². The largest absolute Gasteiger partial charge is 0.319 e. The van der Waals surface area contributed by atoms with Crippen LogP contribution < -0.4 is 5.32 Å². The second-order valence-corrected chi connectivity index (χ2v) is 5.35. The van der Waals surface area contributed by atoms with Crippen molar-refractivity contribution in [2.24, 2.45) is 0 Å². The number of nitrogens with one attached hydrogen (secondary N) is 2. The van der Waals surface area contributed by atoms with E-state index >= 15 is 0 Å². The highest BCUT2D eigenvalue weighted by molar-refractivity contribution is 6.03. The van der Waals surface area contributed by atoms with Gasteiger partial charge in [0.2, 0.25) is 0 Å². The maximum atomic E-state index is 12.2. The molecule has 104 valence electrons. The summed E-state index contributed by atoms with van der Waals surface area (Å²) in [6.07, 6.45) is 4.02. The Kier molecular flexibility index (Phi) is 2.70. The molecule has 2 aromatic heterocycles. The van der Waals surface area contributed by atoms with Gasteiger partial charge in [-0.05, 0) is 31.0 Å². The van der Waals surface area contributed by atoms with E-state index in [-0.39, 0.29) is 5.91 Å². The summed E-state index contributed by atoms with van der Waals surface area (Å²) in [5, 5.41) is 10.9. The highest BCUT2D eigenvalue weighted by atomic mass is 16.1. The molecule has 5 heteroatoms. The van der Waals surface area contributed by atoms with E-state index in [9.17, 15) is 4.79 Å². The van der Waals surface area contributed by atoms with Crippen molar-refractivity contribution >= 4 is 22.5 Å². The number of rotatable bonds is 3. The monoisotopic (exact) mass is 278 g/mol. The number of carbonyl (C=O) groups is 1. The minimum absolute atomic E-state index is 0.213. The lowest BCUT2D eigenvalue weighted by Gasteiger charge is -2.04. The van der Waals surface area contributed by atoms with Crippen LogP contribution in [0, 0.1) is 0 Å². The van der Waals surface area contributed by atoms with Crippen LogP contribution in [0.1, 0.15) is 34.9 Å². The number of para-hydroxylation sites is 1. The van der Waals surface area contributed by atoms with Crippen molar-refractivity contribution in [2.45, 2.75) is 18.8 Å². The molecule has 21 heavy (non-hydrogen) atoms. The van der Waals surface area contributed by atoms with E-state index in [2.05, 4.69) is 20.5 Å². The summed E-state index contributed by atoms with van der Waals surface area (Å²) in [7, 11) is 0. The molecule has 5 nitrogen and oxygen atoms in total. The molecular weight excluding hydrogens is 264 g/mol. The third-order valence-corrected chi connectivity index (χ3v) is 3.70. The van der Waals surface area contributed by atoms with E-state index in [1.54, 1.807) is 6.20 Å². The first-order valence-corrected chi connectivity index (χ1v) is 7.01. The van der Waals surface area contributed by atoms with Gasteiger partial charge in [0.1, 0.15) is 0 Å². The van der Waals surface area contributed by atoms with Crippen LogP contribution in [0.15, 0.2) is 42.6 Å². The molecule has 1 fully saturated rings. The summed E-state index contributed by atoms with van der Waals surface area (Å²) >= 11 is 0. The molecule has 2 heterocycles. The minimum Gasteiger partial charge on any atom is -0.319 e. The Morgan fingerprint density at radius 2 is 2.10 bits per heavy atom. The Labute approximate surface area is 121 Å². The third-order valence-electron chi connectivity index (χ3n) is 3.70. The maximum absolute atomic E-state index is 12.2. The van der Waals surface area contributed by atoms with E-state index in [1.807, 2.05) is 36.4 Å². The van der Waals surface area contributed by atoms with Crippen LogP contribution >= 0.6 is 0 Å². The number of carbonyl (C=O) groups excluding carboxylic acids is 1. The number of H-pyrrole nitrogens is 1. The number of benzene rings is 1. The van der Waals surface area contributed by atoms with E-state index < -0.39 is 0 Å². The van der Waals surface area contributed by atoms with Gasteiger partial charge in [-0.2, -0.15) is 5.10 Å². The van der Waals surface area contributed by atoms with Gasteiger partial charge in [-0.3, -0.25) is 14.9 Å². The van der Waals surface area contributed by atoms with Gasteiger partial charge in [-0.25, -0.2) is 0 Å². The first-order valence-electron chi connectivity index (χ1n) is 7.01. The fourth-order valence-corrected chi connectivity index (χ4v) is 2.39. The summed E-state index contributed by atoms with van der Waals surface area (Å²) < 4.78 is 0. The van der Waals surface area contributed by atoms with Crippen molar-refractivity contribution in [3.63, 3.8) is 0 Å². The van der Waals surface area contributed by atoms with Crippen LogP contribution in [0.2, 0.25) is 0 Å². The Bertz CT molecular complexity index is 820. The van der Waals surface area contributed by atoms with Crippen LogP contribution in [0.4, 0.5) is 5.69 Å². The Morgan fingerprint density at radius 1 is 1.24 bits per heavy atom. The van der Waals surface area contributed by atoms with Crippen molar-refractivity contribution in [3.8, 4) is 0 Å². The molecule has 1 amide bonds. The first kappa shape index (κ1) is 12.1. The lowest BCUT2D eigenvalue weighted by Crippen LogP contribution is -2.12. The maximum Gasteiger partial charge on any atom is 0.276 e. The predicted molar refractivity (Wildman–Crippen MR) is 80.3 cm³/mol. The highest BCUT2D eigenvalue weighted by Gasteiger charge is 2.26. The Morgan fingerprint density at radius 3 is 2.95 bits per heavy atom. The molecule has 0 saturated heterocycles. The molecule has 0 radical (unpaired) electrons. The third kappa shape index (κ3) is 2.38. The van der Waals surface area contributed by atoms with Crippen molar-refractivity contribution in [2.75, 3.05) is 5.32 Å². The molecule has 1 saturated carbocycles. The molecule has 0 aliphatic heterocycles. The van der Waals surface area contributed by atoms with Gasteiger partial charge in [0, 0.05) is 17.0 Å². The molecule has 0 bridgehead atoms. The normalized spacial score (nSPS) is 14.3. The number of aromatic nitrogens is 3. The molecule has 1 aliphatic rings. The lowest BCUT2D eigenvalue weighted by atomic mass is 10.2. The minimum atomic E-state index is -0.213.